The molecular weight excluding hydrogens is 214 g/mol. The van der Waals surface area contributed by atoms with Crippen LogP contribution in [0.5, 0.6) is 5.75 Å². The SMILES string of the molecule is NC1CC(OCC2CCOc3ccccc32)C1. The standard InChI is InChI=1S/C14H19NO2/c15-11-7-12(8-11)17-9-10-5-6-16-14-4-2-1-3-13(10)14/h1-4,10-12H,5-9,15H2. The second-order valence-electron chi connectivity index (χ2n) is 5.06. The van der Waals surface area contributed by atoms with Gasteiger partial charge in [0.25, 0.3) is 0 Å². The van der Waals surface area contributed by atoms with Crippen LogP contribution in [-0.2, 0) is 4.74 Å². The summed E-state index contributed by atoms with van der Waals surface area (Å²) in [6.07, 6.45) is 3.48. The van der Waals surface area contributed by atoms with Crippen molar-refractivity contribution in [1.29, 1.82) is 0 Å². The Morgan fingerprint density at radius 1 is 1.29 bits per heavy atom. The highest BCUT2D eigenvalue weighted by Gasteiger charge is 2.28. The second-order valence-corrected chi connectivity index (χ2v) is 5.06. The van der Waals surface area contributed by atoms with Gasteiger partial charge in [-0.15, -0.1) is 0 Å². The van der Waals surface area contributed by atoms with Crippen LogP contribution >= 0.6 is 0 Å². The van der Waals surface area contributed by atoms with E-state index < -0.39 is 0 Å². The smallest absolute Gasteiger partial charge is 0.122 e. The number of para-hydroxylation sites is 1. The summed E-state index contributed by atoms with van der Waals surface area (Å²) >= 11 is 0. The molecular formula is C14H19NO2. The molecule has 1 aromatic carbocycles. The number of hydrogen-bond acceptors (Lipinski definition) is 3. The Bertz CT molecular complexity index is 388. The Kier molecular flexibility index (Phi) is 3.04. The molecule has 1 fully saturated rings. The highest BCUT2D eigenvalue weighted by Crippen LogP contribution is 2.34. The van der Waals surface area contributed by atoms with Crippen molar-refractivity contribution in [2.75, 3.05) is 13.2 Å². The van der Waals surface area contributed by atoms with Crippen LogP contribution in [0.1, 0.15) is 30.7 Å². The highest BCUT2D eigenvalue weighted by molar-refractivity contribution is 5.37. The molecule has 0 amide bonds. The van der Waals surface area contributed by atoms with E-state index in [1.165, 1.54) is 5.56 Å². The zero-order valence-electron chi connectivity index (χ0n) is 9.97. The first-order valence-electron chi connectivity index (χ1n) is 6.42. The van der Waals surface area contributed by atoms with E-state index in [0.29, 0.717) is 18.1 Å². The van der Waals surface area contributed by atoms with Crippen LogP contribution in [0.3, 0.4) is 0 Å². The lowest BCUT2D eigenvalue weighted by atomic mass is 9.89. The molecule has 92 valence electrons. The Balaban J connectivity index is 1.61. The molecule has 1 aliphatic carbocycles. The number of nitrogens with two attached hydrogens (primary N) is 1. The Hall–Kier alpha value is -1.06. The molecule has 0 bridgehead atoms. The quantitative estimate of drug-likeness (QED) is 0.869. The van der Waals surface area contributed by atoms with Gasteiger partial charge < -0.3 is 15.2 Å². The Morgan fingerprint density at radius 2 is 2.12 bits per heavy atom. The number of rotatable bonds is 3. The average Bonchev–Trinajstić information content (AvgIpc) is 2.33. The van der Waals surface area contributed by atoms with Gasteiger partial charge in [0.15, 0.2) is 0 Å². The Morgan fingerprint density at radius 3 is 2.94 bits per heavy atom. The highest BCUT2D eigenvalue weighted by atomic mass is 16.5. The number of hydrogen-bond donors (Lipinski definition) is 1. The van der Waals surface area contributed by atoms with Crippen molar-refractivity contribution in [3.05, 3.63) is 29.8 Å². The average molecular weight is 233 g/mol. The minimum absolute atomic E-state index is 0.363. The molecule has 1 unspecified atom stereocenters. The summed E-state index contributed by atoms with van der Waals surface area (Å²) in [5, 5.41) is 0. The maximum absolute atomic E-state index is 5.91. The maximum atomic E-state index is 5.91. The van der Waals surface area contributed by atoms with E-state index >= 15 is 0 Å². The number of ether oxygens (including phenoxy) is 2. The number of fused-ring (bicyclic) bond motifs is 1. The van der Waals surface area contributed by atoms with Gasteiger partial charge in [-0.2, -0.15) is 0 Å². The first-order chi connectivity index (χ1) is 8.33. The van der Waals surface area contributed by atoms with Crippen LogP contribution in [0.2, 0.25) is 0 Å². The lowest BCUT2D eigenvalue weighted by molar-refractivity contribution is -0.0187. The largest absolute Gasteiger partial charge is 0.493 e. The van der Waals surface area contributed by atoms with Crippen LogP contribution in [0.25, 0.3) is 0 Å². The summed E-state index contributed by atoms with van der Waals surface area (Å²) < 4.78 is 11.6. The fraction of sp³-hybridized carbons (Fsp3) is 0.571. The van der Waals surface area contributed by atoms with Crippen molar-refractivity contribution in [3.63, 3.8) is 0 Å². The van der Waals surface area contributed by atoms with Crippen molar-refractivity contribution >= 4 is 0 Å². The van der Waals surface area contributed by atoms with Gasteiger partial charge in [0.05, 0.1) is 19.3 Å². The molecule has 17 heavy (non-hydrogen) atoms. The third-order valence-corrected chi connectivity index (χ3v) is 3.75. The molecule has 0 aromatic heterocycles. The third kappa shape index (κ3) is 2.31. The van der Waals surface area contributed by atoms with E-state index in [-0.39, 0.29) is 0 Å². The van der Waals surface area contributed by atoms with Crippen LogP contribution in [0.4, 0.5) is 0 Å². The van der Waals surface area contributed by atoms with E-state index in [0.717, 1.165) is 38.2 Å². The Labute approximate surface area is 102 Å². The predicted octanol–water partition coefficient (Wildman–Crippen LogP) is 2.06. The fourth-order valence-corrected chi connectivity index (χ4v) is 2.58. The fourth-order valence-electron chi connectivity index (χ4n) is 2.58. The van der Waals surface area contributed by atoms with Crippen LogP contribution in [0.15, 0.2) is 24.3 Å². The molecule has 2 N–H and O–H groups in total. The molecule has 3 rings (SSSR count). The summed E-state index contributed by atoms with van der Waals surface area (Å²) in [7, 11) is 0. The molecule has 0 spiro atoms. The minimum Gasteiger partial charge on any atom is -0.493 e. The maximum Gasteiger partial charge on any atom is 0.122 e. The second kappa shape index (κ2) is 4.67. The summed E-state index contributed by atoms with van der Waals surface area (Å²) in [5.41, 5.74) is 7.05. The first kappa shape index (κ1) is 11.1. The van der Waals surface area contributed by atoms with Gasteiger partial charge in [-0.25, -0.2) is 0 Å². The van der Waals surface area contributed by atoms with E-state index in [1.807, 2.05) is 12.1 Å². The zero-order chi connectivity index (χ0) is 11.7. The van der Waals surface area contributed by atoms with Gasteiger partial charge in [-0.05, 0) is 30.9 Å². The van der Waals surface area contributed by atoms with Crippen molar-refractivity contribution in [2.24, 2.45) is 5.73 Å². The predicted molar refractivity (Wildman–Crippen MR) is 66.2 cm³/mol. The summed E-state index contributed by atoms with van der Waals surface area (Å²) in [6.45, 7) is 1.60. The lowest BCUT2D eigenvalue weighted by Crippen LogP contribution is -2.42. The zero-order valence-corrected chi connectivity index (χ0v) is 9.97. The van der Waals surface area contributed by atoms with Gasteiger partial charge in [0, 0.05) is 12.0 Å². The van der Waals surface area contributed by atoms with Gasteiger partial charge in [0.1, 0.15) is 5.75 Å². The van der Waals surface area contributed by atoms with E-state index in [4.69, 9.17) is 15.2 Å². The third-order valence-electron chi connectivity index (χ3n) is 3.75. The molecule has 1 saturated carbocycles. The van der Waals surface area contributed by atoms with Gasteiger partial charge in [-0.1, -0.05) is 18.2 Å². The van der Waals surface area contributed by atoms with Gasteiger partial charge >= 0.3 is 0 Å². The molecule has 0 saturated heterocycles. The summed E-state index contributed by atoms with van der Waals surface area (Å²) in [4.78, 5) is 0. The number of benzene rings is 1. The van der Waals surface area contributed by atoms with E-state index in [1.54, 1.807) is 0 Å². The first-order valence-corrected chi connectivity index (χ1v) is 6.42. The van der Waals surface area contributed by atoms with Crippen molar-refractivity contribution < 1.29 is 9.47 Å². The summed E-state index contributed by atoms with van der Waals surface area (Å²) in [5.74, 6) is 1.51. The van der Waals surface area contributed by atoms with E-state index in [2.05, 4.69) is 12.1 Å². The monoisotopic (exact) mass is 233 g/mol. The molecule has 1 heterocycles. The van der Waals surface area contributed by atoms with Crippen LogP contribution < -0.4 is 10.5 Å². The normalized spacial score (nSPS) is 31.2. The van der Waals surface area contributed by atoms with Gasteiger partial charge in [-0.3, -0.25) is 0 Å². The van der Waals surface area contributed by atoms with E-state index in [9.17, 15) is 0 Å². The molecule has 1 atom stereocenters. The minimum atomic E-state index is 0.363. The van der Waals surface area contributed by atoms with Crippen molar-refractivity contribution in [2.45, 2.75) is 37.3 Å². The molecule has 2 aliphatic rings. The summed E-state index contributed by atoms with van der Waals surface area (Å²) in [6, 6.07) is 8.64. The topological polar surface area (TPSA) is 44.5 Å². The molecule has 3 nitrogen and oxygen atoms in total. The lowest BCUT2D eigenvalue weighted by Gasteiger charge is -2.34. The van der Waals surface area contributed by atoms with Crippen molar-refractivity contribution in [1.82, 2.24) is 0 Å². The molecule has 3 heteroatoms. The molecule has 0 radical (unpaired) electrons. The molecule has 1 aromatic rings. The van der Waals surface area contributed by atoms with Crippen LogP contribution in [0, 0.1) is 0 Å². The van der Waals surface area contributed by atoms with Crippen molar-refractivity contribution in [3.8, 4) is 5.75 Å². The molecule has 1 aliphatic heterocycles. The van der Waals surface area contributed by atoms with Crippen LogP contribution in [-0.4, -0.2) is 25.4 Å². The van der Waals surface area contributed by atoms with Gasteiger partial charge in [0.2, 0.25) is 0 Å².